The van der Waals surface area contributed by atoms with Gasteiger partial charge in [-0.3, -0.25) is 4.79 Å². The van der Waals surface area contributed by atoms with E-state index in [1.165, 1.54) is 12.1 Å². The molecule has 0 unspecified atom stereocenters. The van der Waals surface area contributed by atoms with Gasteiger partial charge in [0.2, 0.25) is 0 Å². The average molecular weight is 367 g/mol. The van der Waals surface area contributed by atoms with Gasteiger partial charge in [0.25, 0.3) is 0 Å². The molecule has 6 nitrogen and oxygen atoms in total. The van der Waals surface area contributed by atoms with Crippen LogP contribution in [-0.2, 0) is 11.4 Å². The Morgan fingerprint density at radius 2 is 2.07 bits per heavy atom. The van der Waals surface area contributed by atoms with E-state index in [1.807, 2.05) is 13.1 Å². The van der Waals surface area contributed by atoms with Gasteiger partial charge in [-0.1, -0.05) is 12.1 Å². The summed E-state index contributed by atoms with van der Waals surface area (Å²) in [6, 6.07) is 9.95. The average Bonchev–Trinajstić information content (AvgIpc) is 2.67. The van der Waals surface area contributed by atoms with Crippen LogP contribution in [0.15, 0.2) is 48.6 Å². The first-order chi connectivity index (χ1) is 13.0. The van der Waals surface area contributed by atoms with Crippen LogP contribution >= 0.6 is 0 Å². The van der Waals surface area contributed by atoms with Crippen molar-refractivity contribution in [2.75, 3.05) is 25.1 Å². The van der Waals surface area contributed by atoms with Crippen LogP contribution in [0.1, 0.15) is 16.7 Å². The van der Waals surface area contributed by atoms with Gasteiger partial charge in [0.15, 0.2) is 5.78 Å². The van der Waals surface area contributed by atoms with Gasteiger partial charge in [-0.25, -0.2) is 0 Å². The lowest BCUT2D eigenvalue weighted by Gasteiger charge is -2.27. The molecule has 2 aromatic carbocycles. The number of aromatic hydroxyl groups is 1. The predicted octanol–water partition coefficient (Wildman–Crippen LogP) is 2.89. The van der Waals surface area contributed by atoms with Crippen molar-refractivity contribution < 1.29 is 24.9 Å². The molecule has 3 rings (SSSR count). The number of aliphatic hydroxyl groups excluding tert-OH is 2. The molecular weight excluding hydrogens is 346 g/mol. The number of anilines is 1. The minimum Gasteiger partial charge on any atom is -0.508 e. The zero-order valence-corrected chi connectivity index (χ0v) is 14.9. The number of benzene rings is 2. The van der Waals surface area contributed by atoms with Crippen molar-refractivity contribution in [2.45, 2.75) is 6.61 Å². The van der Waals surface area contributed by atoms with E-state index < -0.39 is 0 Å². The highest BCUT2D eigenvalue weighted by Crippen LogP contribution is 2.33. The SMILES string of the molecule is CN1CCOc2cc(/C(O)=C/C(=O)/C=C/c3ccc(O)c(CO)c3)ccc21. The van der Waals surface area contributed by atoms with Crippen molar-refractivity contribution in [1.29, 1.82) is 0 Å². The zero-order chi connectivity index (χ0) is 19.4. The third-order valence-electron chi connectivity index (χ3n) is 4.34. The molecule has 0 amide bonds. The lowest BCUT2D eigenvalue weighted by atomic mass is 10.1. The summed E-state index contributed by atoms with van der Waals surface area (Å²) in [6.07, 6.45) is 4.00. The van der Waals surface area contributed by atoms with Crippen LogP contribution in [0.25, 0.3) is 11.8 Å². The second-order valence-electron chi connectivity index (χ2n) is 6.26. The lowest BCUT2D eigenvalue weighted by molar-refractivity contribution is -0.110. The van der Waals surface area contributed by atoms with E-state index in [2.05, 4.69) is 4.90 Å². The Morgan fingerprint density at radius 1 is 1.26 bits per heavy atom. The Morgan fingerprint density at radius 3 is 2.85 bits per heavy atom. The topological polar surface area (TPSA) is 90.2 Å². The summed E-state index contributed by atoms with van der Waals surface area (Å²) in [7, 11) is 1.97. The molecule has 2 aromatic rings. The lowest BCUT2D eigenvalue weighted by Crippen LogP contribution is -2.28. The smallest absolute Gasteiger partial charge is 0.182 e. The van der Waals surface area contributed by atoms with Gasteiger partial charge in [-0.05, 0) is 42.0 Å². The van der Waals surface area contributed by atoms with Crippen LogP contribution in [0.5, 0.6) is 11.5 Å². The van der Waals surface area contributed by atoms with E-state index in [0.29, 0.717) is 29.0 Å². The molecule has 6 heteroatoms. The number of fused-ring (bicyclic) bond motifs is 1. The molecule has 1 aliphatic heterocycles. The van der Waals surface area contributed by atoms with Gasteiger partial charge in [0, 0.05) is 24.3 Å². The van der Waals surface area contributed by atoms with Gasteiger partial charge < -0.3 is 25.0 Å². The van der Waals surface area contributed by atoms with Crippen LogP contribution in [-0.4, -0.2) is 41.3 Å². The summed E-state index contributed by atoms with van der Waals surface area (Å²) >= 11 is 0. The van der Waals surface area contributed by atoms with E-state index in [9.17, 15) is 15.0 Å². The number of hydrogen-bond acceptors (Lipinski definition) is 6. The van der Waals surface area contributed by atoms with E-state index in [0.717, 1.165) is 18.3 Å². The van der Waals surface area contributed by atoms with Gasteiger partial charge in [0.1, 0.15) is 23.9 Å². The number of carbonyl (C=O) groups is 1. The molecule has 0 spiro atoms. The fraction of sp³-hybridized carbons (Fsp3) is 0.190. The van der Waals surface area contributed by atoms with E-state index >= 15 is 0 Å². The number of likely N-dealkylation sites (N-methyl/N-ethyl adjacent to an activating group) is 1. The van der Waals surface area contributed by atoms with E-state index in [1.54, 1.807) is 30.3 Å². The van der Waals surface area contributed by atoms with Crippen molar-refractivity contribution in [3.63, 3.8) is 0 Å². The van der Waals surface area contributed by atoms with Crippen molar-refractivity contribution >= 4 is 23.3 Å². The summed E-state index contributed by atoms with van der Waals surface area (Å²) in [5.74, 6) is 0.136. The Labute approximate surface area is 157 Å². The Balaban J connectivity index is 1.75. The van der Waals surface area contributed by atoms with E-state index in [-0.39, 0.29) is 23.9 Å². The zero-order valence-electron chi connectivity index (χ0n) is 14.9. The molecule has 140 valence electrons. The first kappa shape index (κ1) is 18.5. The first-order valence-corrected chi connectivity index (χ1v) is 8.52. The Hall–Kier alpha value is -3.25. The third-order valence-corrected chi connectivity index (χ3v) is 4.34. The summed E-state index contributed by atoms with van der Waals surface area (Å²) in [4.78, 5) is 14.2. The number of carbonyl (C=O) groups excluding carboxylic acids is 1. The number of hydrogen-bond donors (Lipinski definition) is 3. The highest BCUT2D eigenvalue weighted by Gasteiger charge is 2.16. The standard InChI is InChI=1S/C21H21NO5/c1-22-8-9-27-21-11-15(4-6-18(21)22)20(26)12-17(24)5-2-14-3-7-19(25)16(10-14)13-23/h2-7,10-12,23,25-26H,8-9,13H2,1H3/b5-2+,20-12-. The van der Waals surface area contributed by atoms with Gasteiger partial charge in [-0.15, -0.1) is 0 Å². The molecule has 0 saturated carbocycles. The number of nitrogens with zero attached hydrogens (tertiary/aromatic N) is 1. The highest BCUT2D eigenvalue weighted by atomic mass is 16.5. The maximum absolute atomic E-state index is 12.1. The molecule has 0 aromatic heterocycles. The monoisotopic (exact) mass is 367 g/mol. The summed E-state index contributed by atoms with van der Waals surface area (Å²) in [5, 5.41) is 29.0. The molecule has 0 bridgehead atoms. The number of ether oxygens (including phenoxy) is 1. The van der Waals surface area contributed by atoms with Gasteiger partial charge in [-0.2, -0.15) is 0 Å². The summed E-state index contributed by atoms with van der Waals surface area (Å²) < 4.78 is 5.61. The van der Waals surface area contributed by atoms with Crippen LogP contribution in [0.4, 0.5) is 5.69 Å². The molecule has 0 aliphatic carbocycles. The number of aliphatic hydroxyl groups is 2. The third kappa shape index (κ3) is 4.30. The van der Waals surface area contributed by atoms with Crippen molar-refractivity contribution in [2.24, 2.45) is 0 Å². The second kappa shape index (κ2) is 7.97. The van der Waals surface area contributed by atoms with Crippen LogP contribution in [0.3, 0.4) is 0 Å². The van der Waals surface area contributed by atoms with Crippen molar-refractivity contribution in [1.82, 2.24) is 0 Å². The molecule has 27 heavy (non-hydrogen) atoms. The fourth-order valence-corrected chi connectivity index (χ4v) is 2.80. The minimum absolute atomic E-state index is 0.00112. The van der Waals surface area contributed by atoms with Crippen LogP contribution < -0.4 is 9.64 Å². The molecule has 3 N–H and O–H groups in total. The van der Waals surface area contributed by atoms with Gasteiger partial charge >= 0.3 is 0 Å². The largest absolute Gasteiger partial charge is 0.508 e. The van der Waals surface area contributed by atoms with E-state index in [4.69, 9.17) is 9.84 Å². The fourth-order valence-electron chi connectivity index (χ4n) is 2.80. The molecule has 0 radical (unpaired) electrons. The maximum atomic E-state index is 12.1. The van der Waals surface area contributed by atoms with Crippen molar-refractivity contribution in [3.05, 3.63) is 65.2 Å². The maximum Gasteiger partial charge on any atom is 0.182 e. The van der Waals surface area contributed by atoms with Gasteiger partial charge in [0.05, 0.1) is 18.8 Å². The quantitative estimate of drug-likeness (QED) is 0.556. The molecule has 0 saturated heterocycles. The molecule has 0 atom stereocenters. The first-order valence-electron chi connectivity index (χ1n) is 8.52. The number of allylic oxidation sites excluding steroid dienone is 2. The molecule has 1 heterocycles. The summed E-state index contributed by atoms with van der Waals surface area (Å²) in [6.45, 7) is 1.08. The number of ketones is 1. The molecular formula is C21H21NO5. The second-order valence-corrected chi connectivity index (χ2v) is 6.26. The molecule has 1 aliphatic rings. The number of rotatable bonds is 5. The van der Waals surface area contributed by atoms with Crippen LogP contribution in [0, 0.1) is 0 Å². The summed E-state index contributed by atoms with van der Waals surface area (Å²) in [5.41, 5.74) is 2.47. The number of phenols is 1. The Bertz CT molecular complexity index is 917. The Kier molecular flexibility index (Phi) is 5.47. The van der Waals surface area contributed by atoms with Crippen LogP contribution in [0.2, 0.25) is 0 Å². The van der Waals surface area contributed by atoms with Crippen molar-refractivity contribution in [3.8, 4) is 11.5 Å². The molecule has 0 fully saturated rings. The highest BCUT2D eigenvalue weighted by molar-refractivity contribution is 6.05. The minimum atomic E-state index is -0.387. The normalized spacial score (nSPS) is 14.1. The predicted molar refractivity (Wildman–Crippen MR) is 104 cm³/mol.